The Morgan fingerprint density at radius 1 is 1.40 bits per heavy atom. The minimum absolute atomic E-state index is 0.0614. The Bertz CT molecular complexity index is 446. The van der Waals surface area contributed by atoms with E-state index in [2.05, 4.69) is 16.7 Å². The van der Waals surface area contributed by atoms with Crippen molar-refractivity contribution in [3.8, 4) is 0 Å². The van der Waals surface area contributed by atoms with Gasteiger partial charge in [-0.2, -0.15) is 5.10 Å². The van der Waals surface area contributed by atoms with Crippen molar-refractivity contribution in [2.24, 2.45) is 12.5 Å². The molecule has 1 N–H and O–H groups in total. The molecule has 0 saturated heterocycles. The maximum Gasteiger partial charge on any atom is 0.136 e. The van der Waals surface area contributed by atoms with Gasteiger partial charge in [-0.05, 0) is 45.1 Å². The Balaban J connectivity index is 2.25. The summed E-state index contributed by atoms with van der Waals surface area (Å²) in [5, 5.41) is 4.56. The van der Waals surface area contributed by atoms with Crippen LogP contribution in [0.3, 0.4) is 0 Å². The topological polar surface area (TPSA) is 52.9 Å². The second kappa shape index (κ2) is 5.70. The zero-order valence-corrected chi connectivity index (χ0v) is 14.1. The van der Waals surface area contributed by atoms with Crippen LogP contribution in [0.15, 0.2) is 12.3 Å². The van der Waals surface area contributed by atoms with E-state index in [-0.39, 0.29) is 16.2 Å². The average molecular weight is 297 g/mol. The number of hydrogen-bond donors (Lipinski definition) is 1. The van der Waals surface area contributed by atoms with Gasteiger partial charge in [-0.15, -0.1) is 4.72 Å². The van der Waals surface area contributed by atoms with Crippen molar-refractivity contribution in [2.45, 2.75) is 64.2 Å². The third-order valence-electron chi connectivity index (χ3n) is 4.25. The summed E-state index contributed by atoms with van der Waals surface area (Å²) in [7, 11) is 1.93. The third kappa shape index (κ3) is 3.38. The second-order valence-corrected chi connectivity index (χ2v) is 9.21. The first-order valence-corrected chi connectivity index (χ1v) is 8.55. The van der Waals surface area contributed by atoms with Gasteiger partial charge in [0.1, 0.15) is 10.8 Å². The van der Waals surface area contributed by atoms with Crippen LogP contribution in [0.5, 0.6) is 0 Å². The van der Waals surface area contributed by atoms with E-state index in [0.717, 1.165) is 5.69 Å². The first kappa shape index (κ1) is 15.9. The van der Waals surface area contributed by atoms with Gasteiger partial charge in [-0.1, -0.05) is 19.8 Å². The third-order valence-corrected chi connectivity index (χ3v) is 5.82. The molecule has 1 heterocycles. The summed E-state index contributed by atoms with van der Waals surface area (Å²) in [5.74, 6) is 0. The molecular formula is C15H27N3OS. The van der Waals surface area contributed by atoms with Crippen molar-refractivity contribution >= 4 is 11.4 Å². The van der Waals surface area contributed by atoms with Crippen LogP contribution in [-0.4, -0.2) is 19.1 Å². The number of hydrogen-bond acceptors (Lipinski definition) is 3. The number of aryl methyl sites for hydroxylation is 1. The van der Waals surface area contributed by atoms with Crippen molar-refractivity contribution < 1.29 is 4.55 Å². The van der Waals surface area contributed by atoms with E-state index in [0.29, 0.717) is 0 Å². The first-order valence-electron chi connectivity index (χ1n) is 7.40. The quantitative estimate of drug-likeness (QED) is 0.869. The van der Waals surface area contributed by atoms with Gasteiger partial charge in [0.2, 0.25) is 0 Å². The standard InChI is InChI=1S/C15H27N3OS/c1-14(2,3)20(19)17-13(12-8-11-18(5)16-12)15(4)9-6-7-10-15/h8,11,13,17H,6-7,9-10H2,1-5H3. The predicted molar refractivity (Wildman–Crippen MR) is 83.6 cm³/mol. The average Bonchev–Trinajstić information content (AvgIpc) is 2.94. The molecular weight excluding hydrogens is 270 g/mol. The summed E-state index contributed by atoms with van der Waals surface area (Å²) in [6.45, 7) is 8.31. The van der Waals surface area contributed by atoms with Crippen molar-refractivity contribution in [1.29, 1.82) is 0 Å². The molecule has 0 aliphatic heterocycles. The second-order valence-electron chi connectivity index (χ2n) is 7.21. The highest BCUT2D eigenvalue weighted by Gasteiger charge is 2.43. The van der Waals surface area contributed by atoms with Crippen molar-refractivity contribution in [2.75, 3.05) is 0 Å². The van der Waals surface area contributed by atoms with Gasteiger partial charge < -0.3 is 4.55 Å². The molecule has 4 nitrogen and oxygen atoms in total. The Hall–Kier alpha value is -0.520. The van der Waals surface area contributed by atoms with Gasteiger partial charge >= 0.3 is 0 Å². The number of nitrogens with one attached hydrogen (secondary N) is 1. The molecule has 114 valence electrons. The highest BCUT2D eigenvalue weighted by atomic mass is 32.2. The molecule has 0 aromatic carbocycles. The van der Waals surface area contributed by atoms with Crippen LogP contribution >= 0.6 is 0 Å². The molecule has 1 aliphatic carbocycles. The molecule has 2 atom stereocenters. The Labute approximate surface area is 125 Å². The van der Waals surface area contributed by atoms with Gasteiger partial charge in [-0.25, -0.2) is 0 Å². The lowest BCUT2D eigenvalue weighted by molar-refractivity contribution is 0.242. The van der Waals surface area contributed by atoms with Crippen molar-refractivity contribution in [3.63, 3.8) is 0 Å². The summed E-state index contributed by atoms with van der Waals surface area (Å²) >= 11 is -1.08. The van der Waals surface area contributed by atoms with Crippen LogP contribution in [-0.2, 0) is 18.4 Å². The van der Waals surface area contributed by atoms with Crippen molar-refractivity contribution in [3.05, 3.63) is 18.0 Å². The van der Waals surface area contributed by atoms with Gasteiger partial charge in [0.05, 0.1) is 5.69 Å². The summed E-state index contributed by atoms with van der Waals surface area (Å²) in [5.41, 5.74) is 1.16. The molecule has 2 unspecified atom stereocenters. The van der Waals surface area contributed by atoms with E-state index >= 15 is 0 Å². The molecule has 1 fully saturated rings. The van der Waals surface area contributed by atoms with Crippen LogP contribution in [0.1, 0.15) is 65.1 Å². The highest BCUT2D eigenvalue weighted by molar-refractivity contribution is 7.90. The lowest BCUT2D eigenvalue weighted by Gasteiger charge is -2.36. The van der Waals surface area contributed by atoms with Crippen molar-refractivity contribution in [1.82, 2.24) is 14.5 Å². The number of aromatic nitrogens is 2. The van der Waals surface area contributed by atoms with Gasteiger partial charge in [0.15, 0.2) is 0 Å². The van der Waals surface area contributed by atoms with E-state index in [1.54, 1.807) is 0 Å². The largest absolute Gasteiger partial charge is 0.598 e. The SMILES string of the molecule is Cn1ccc(C(N[S+]([O-])C(C)(C)C)C2(C)CCCC2)n1. The zero-order chi connectivity index (χ0) is 15.0. The molecule has 5 heteroatoms. The summed E-state index contributed by atoms with van der Waals surface area (Å²) in [4.78, 5) is 0. The first-order chi connectivity index (χ1) is 9.22. The normalized spacial score (nSPS) is 21.9. The molecule has 0 radical (unpaired) electrons. The highest BCUT2D eigenvalue weighted by Crippen LogP contribution is 2.47. The molecule has 0 spiro atoms. The maximum absolute atomic E-state index is 12.5. The lowest BCUT2D eigenvalue weighted by atomic mass is 9.79. The van der Waals surface area contributed by atoms with Crippen LogP contribution in [0.4, 0.5) is 0 Å². The molecule has 1 aromatic heterocycles. The molecule has 1 aromatic rings. The monoisotopic (exact) mass is 297 g/mol. The number of rotatable bonds is 4. The predicted octanol–water partition coefficient (Wildman–Crippen LogP) is 3.09. The summed E-state index contributed by atoms with van der Waals surface area (Å²) in [6, 6.07) is 2.10. The van der Waals surface area contributed by atoms with Gasteiger partial charge in [0, 0.05) is 24.6 Å². The molecule has 1 saturated carbocycles. The minimum Gasteiger partial charge on any atom is -0.598 e. The molecule has 1 aliphatic rings. The summed E-state index contributed by atoms with van der Waals surface area (Å²) < 4.78 is 17.4. The zero-order valence-electron chi connectivity index (χ0n) is 13.3. The molecule has 2 rings (SSSR count). The van der Waals surface area contributed by atoms with E-state index in [1.165, 1.54) is 25.7 Å². The van der Waals surface area contributed by atoms with Gasteiger partial charge in [-0.3, -0.25) is 4.68 Å². The van der Waals surface area contributed by atoms with E-state index in [9.17, 15) is 4.55 Å². The molecule has 20 heavy (non-hydrogen) atoms. The van der Waals surface area contributed by atoms with Crippen LogP contribution < -0.4 is 4.72 Å². The van der Waals surface area contributed by atoms with Gasteiger partial charge in [0.25, 0.3) is 0 Å². The van der Waals surface area contributed by atoms with Crippen LogP contribution in [0.2, 0.25) is 0 Å². The number of nitrogens with zero attached hydrogens (tertiary/aromatic N) is 2. The van der Waals surface area contributed by atoms with E-state index in [1.807, 2.05) is 44.8 Å². The fourth-order valence-electron chi connectivity index (χ4n) is 2.90. The molecule has 0 amide bonds. The Morgan fingerprint density at radius 2 is 2.00 bits per heavy atom. The Morgan fingerprint density at radius 3 is 2.45 bits per heavy atom. The smallest absolute Gasteiger partial charge is 0.136 e. The lowest BCUT2D eigenvalue weighted by Crippen LogP contribution is -2.45. The fraction of sp³-hybridized carbons (Fsp3) is 0.800. The minimum atomic E-state index is -1.08. The Kier molecular flexibility index (Phi) is 4.52. The van der Waals surface area contributed by atoms with Crippen LogP contribution in [0, 0.1) is 5.41 Å². The van der Waals surface area contributed by atoms with E-state index < -0.39 is 11.4 Å². The fourth-order valence-corrected chi connectivity index (χ4v) is 3.87. The van der Waals surface area contributed by atoms with E-state index in [4.69, 9.17) is 0 Å². The summed E-state index contributed by atoms with van der Waals surface area (Å²) in [6.07, 6.45) is 6.81. The van der Waals surface area contributed by atoms with Crippen LogP contribution in [0.25, 0.3) is 0 Å². The maximum atomic E-state index is 12.5. The molecule has 0 bridgehead atoms.